The second-order valence-electron chi connectivity index (χ2n) is 12.3. The SMILES string of the molecule is CC(C)[Si](OC(=O)CCC1CC1[C@@H](NP(=O)(c1ccccc1)c1ccccc1)c1ccccc1)(C(C)C)C(C)C. The van der Waals surface area contributed by atoms with Gasteiger partial charge in [-0.2, -0.15) is 0 Å². The molecule has 0 heterocycles. The highest BCUT2D eigenvalue weighted by molar-refractivity contribution is 7.76. The van der Waals surface area contributed by atoms with Crippen LogP contribution in [0.1, 0.15) is 72.4 Å². The average molecular weight is 576 g/mol. The van der Waals surface area contributed by atoms with Gasteiger partial charge in [-0.15, -0.1) is 0 Å². The molecule has 1 N–H and O–H groups in total. The van der Waals surface area contributed by atoms with Crippen LogP contribution in [0.4, 0.5) is 0 Å². The number of carbonyl (C=O) groups is 1. The molecule has 214 valence electrons. The van der Waals surface area contributed by atoms with Crippen LogP contribution < -0.4 is 15.7 Å². The minimum absolute atomic E-state index is 0.0446. The molecule has 1 fully saturated rings. The Morgan fingerprint density at radius 3 is 1.70 bits per heavy atom. The molecule has 0 radical (unpaired) electrons. The third-order valence-corrected chi connectivity index (χ3v) is 17.5. The lowest BCUT2D eigenvalue weighted by molar-refractivity contribution is -0.136. The topological polar surface area (TPSA) is 55.4 Å². The van der Waals surface area contributed by atoms with Crippen molar-refractivity contribution < 1.29 is 13.8 Å². The molecule has 0 aromatic heterocycles. The first kappa shape index (κ1) is 30.5. The first-order valence-electron chi connectivity index (χ1n) is 14.9. The van der Waals surface area contributed by atoms with Crippen LogP contribution >= 0.6 is 7.29 Å². The Bertz CT molecular complexity index is 1220. The van der Waals surface area contributed by atoms with Gasteiger partial charge in [0.2, 0.25) is 7.29 Å². The molecule has 3 atom stereocenters. The molecular formula is C34H46NO3PSi. The van der Waals surface area contributed by atoms with Gasteiger partial charge in [0.1, 0.15) is 0 Å². The average Bonchev–Trinajstić information content (AvgIpc) is 3.73. The van der Waals surface area contributed by atoms with Crippen molar-refractivity contribution in [2.45, 2.75) is 83.5 Å². The summed E-state index contributed by atoms with van der Waals surface area (Å²) in [4.78, 5) is 13.2. The van der Waals surface area contributed by atoms with Crippen molar-refractivity contribution in [1.29, 1.82) is 0 Å². The summed E-state index contributed by atoms with van der Waals surface area (Å²) in [5.74, 6) is 0.647. The molecule has 0 amide bonds. The maximum Gasteiger partial charge on any atom is 0.292 e. The highest BCUT2D eigenvalue weighted by Gasteiger charge is 2.49. The van der Waals surface area contributed by atoms with E-state index in [1.807, 2.05) is 78.9 Å². The summed E-state index contributed by atoms with van der Waals surface area (Å²) in [5, 5.41) is 5.30. The van der Waals surface area contributed by atoms with Gasteiger partial charge in [-0.05, 0) is 71.1 Å². The van der Waals surface area contributed by atoms with Crippen molar-refractivity contribution in [3.8, 4) is 0 Å². The summed E-state index contributed by atoms with van der Waals surface area (Å²) in [6, 6.07) is 29.8. The molecule has 4 rings (SSSR count). The van der Waals surface area contributed by atoms with Gasteiger partial charge in [0.25, 0.3) is 14.3 Å². The highest BCUT2D eigenvalue weighted by atomic mass is 31.2. The lowest BCUT2D eigenvalue weighted by Gasteiger charge is -2.41. The summed E-state index contributed by atoms with van der Waals surface area (Å²) in [5.41, 5.74) is 2.27. The van der Waals surface area contributed by atoms with E-state index >= 15 is 0 Å². The van der Waals surface area contributed by atoms with Crippen LogP contribution in [0.2, 0.25) is 16.6 Å². The van der Waals surface area contributed by atoms with Crippen molar-refractivity contribution in [3.05, 3.63) is 96.6 Å². The number of benzene rings is 3. The summed E-state index contributed by atoms with van der Waals surface area (Å²) in [6.45, 7) is 13.3. The predicted octanol–water partition coefficient (Wildman–Crippen LogP) is 8.38. The van der Waals surface area contributed by atoms with Gasteiger partial charge >= 0.3 is 0 Å². The number of hydrogen-bond acceptors (Lipinski definition) is 3. The predicted molar refractivity (Wildman–Crippen MR) is 170 cm³/mol. The fourth-order valence-electron chi connectivity index (χ4n) is 6.76. The molecule has 1 aliphatic rings. The van der Waals surface area contributed by atoms with Crippen molar-refractivity contribution in [2.75, 3.05) is 0 Å². The number of hydrogen-bond donors (Lipinski definition) is 1. The fourth-order valence-corrected chi connectivity index (χ4v) is 14.5. The van der Waals surface area contributed by atoms with Crippen LogP contribution in [0.3, 0.4) is 0 Å². The summed E-state index contributed by atoms with van der Waals surface area (Å²) in [7, 11) is -5.36. The molecule has 6 heteroatoms. The van der Waals surface area contributed by atoms with Gasteiger partial charge in [-0.3, -0.25) is 14.4 Å². The molecule has 1 aliphatic carbocycles. The largest absolute Gasteiger partial charge is 0.518 e. The Kier molecular flexibility index (Phi) is 9.92. The van der Waals surface area contributed by atoms with E-state index in [1.54, 1.807) is 0 Å². The van der Waals surface area contributed by atoms with Gasteiger partial charge in [0, 0.05) is 23.1 Å². The molecule has 3 aromatic rings. The van der Waals surface area contributed by atoms with E-state index in [0.29, 0.717) is 34.9 Å². The van der Waals surface area contributed by atoms with Crippen molar-refractivity contribution in [2.24, 2.45) is 11.8 Å². The van der Waals surface area contributed by atoms with E-state index in [4.69, 9.17) is 4.43 Å². The summed E-state index contributed by atoms with van der Waals surface area (Å²) < 4.78 is 21.3. The van der Waals surface area contributed by atoms with Crippen molar-refractivity contribution in [1.82, 2.24) is 5.09 Å². The number of carbonyl (C=O) groups excluding carboxylic acids is 1. The Balaban J connectivity index is 1.54. The summed E-state index contributed by atoms with van der Waals surface area (Å²) in [6.07, 6.45) is 2.25. The van der Waals surface area contributed by atoms with Crippen LogP contribution in [0.15, 0.2) is 91.0 Å². The maximum atomic E-state index is 14.9. The van der Waals surface area contributed by atoms with Crippen LogP contribution in [-0.2, 0) is 13.8 Å². The molecule has 4 nitrogen and oxygen atoms in total. The molecular weight excluding hydrogens is 529 g/mol. The standard InChI is InChI=1S/C34H46NO3PSi/c1-25(2)40(26(3)4,27(5)6)38-33(36)23-22-29-24-32(29)34(28-16-10-7-11-17-28)35-39(37,30-18-12-8-13-19-30)31-20-14-9-15-21-31/h7-21,25-27,29,32,34H,22-24H2,1-6H3,(H,35,37)/t29?,32?,34-/m0/s1. The zero-order chi connectivity index (χ0) is 28.9. The van der Waals surface area contributed by atoms with Crippen molar-refractivity contribution >= 4 is 32.2 Å². The zero-order valence-corrected chi connectivity index (χ0v) is 26.8. The second kappa shape index (κ2) is 13.0. The van der Waals surface area contributed by atoms with Gasteiger partial charge in [0.15, 0.2) is 0 Å². The van der Waals surface area contributed by atoms with E-state index in [0.717, 1.165) is 29.0 Å². The van der Waals surface area contributed by atoms with Crippen LogP contribution in [-0.4, -0.2) is 14.3 Å². The molecule has 2 unspecified atom stereocenters. The minimum atomic E-state index is -3.12. The molecule has 0 spiro atoms. The van der Waals surface area contributed by atoms with Gasteiger partial charge in [-0.25, -0.2) is 0 Å². The van der Waals surface area contributed by atoms with Crippen LogP contribution in [0.25, 0.3) is 0 Å². The third-order valence-electron chi connectivity index (χ3n) is 8.84. The van der Waals surface area contributed by atoms with Crippen LogP contribution in [0.5, 0.6) is 0 Å². The number of rotatable bonds is 13. The quantitative estimate of drug-likeness (QED) is 0.164. The lowest BCUT2D eigenvalue weighted by Crippen LogP contribution is -2.49. The third kappa shape index (κ3) is 6.54. The lowest BCUT2D eigenvalue weighted by atomic mass is 10.0. The van der Waals surface area contributed by atoms with E-state index in [1.165, 1.54) is 0 Å². The van der Waals surface area contributed by atoms with Gasteiger partial charge in [-0.1, -0.05) is 108 Å². The molecule has 3 aromatic carbocycles. The zero-order valence-electron chi connectivity index (χ0n) is 24.9. The molecule has 0 saturated heterocycles. The molecule has 1 saturated carbocycles. The highest BCUT2D eigenvalue weighted by Crippen LogP contribution is 2.54. The molecule has 40 heavy (non-hydrogen) atoms. The Labute approximate surface area is 242 Å². The number of nitrogens with one attached hydrogen (secondary N) is 1. The molecule has 0 aliphatic heterocycles. The van der Waals surface area contributed by atoms with Gasteiger partial charge < -0.3 is 4.43 Å². The smallest absolute Gasteiger partial charge is 0.292 e. The summed E-state index contributed by atoms with van der Waals surface area (Å²) >= 11 is 0. The van der Waals surface area contributed by atoms with Crippen LogP contribution in [0, 0.1) is 11.8 Å². The first-order chi connectivity index (χ1) is 19.1. The normalized spacial score (nSPS) is 18.2. The monoisotopic (exact) mass is 575 g/mol. The van der Waals surface area contributed by atoms with Gasteiger partial charge in [0.05, 0.1) is 0 Å². The first-order valence-corrected chi connectivity index (χ1v) is 18.7. The van der Waals surface area contributed by atoms with E-state index in [9.17, 15) is 9.36 Å². The fraction of sp³-hybridized carbons (Fsp3) is 0.441. The minimum Gasteiger partial charge on any atom is -0.518 e. The van der Waals surface area contributed by atoms with E-state index in [2.05, 4.69) is 58.8 Å². The second-order valence-corrected chi connectivity index (χ2v) is 20.2. The maximum absolute atomic E-state index is 14.9. The Morgan fingerprint density at radius 1 is 0.800 bits per heavy atom. The molecule has 0 bridgehead atoms. The Morgan fingerprint density at radius 2 is 1.25 bits per heavy atom. The Hall–Kier alpha value is -2.46. The van der Waals surface area contributed by atoms with E-state index in [-0.39, 0.29) is 12.0 Å². The van der Waals surface area contributed by atoms with Crippen molar-refractivity contribution in [3.63, 3.8) is 0 Å². The van der Waals surface area contributed by atoms with E-state index < -0.39 is 15.6 Å².